The number of rotatable bonds is 6. The van der Waals surface area contributed by atoms with Crippen LogP contribution in [0.3, 0.4) is 0 Å². The average molecular weight is 909 g/mol. The van der Waals surface area contributed by atoms with Crippen LogP contribution in [-0.4, -0.2) is 19.1 Å². The number of pyridine rings is 2. The lowest BCUT2D eigenvalue weighted by Crippen LogP contribution is -2.24. The Morgan fingerprint density at radius 1 is 0.437 bits per heavy atom. The molecule has 4 aromatic heterocycles. The van der Waals surface area contributed by atoms with Crippen molar-refractivity contribution >= 4 is 67.4 Å². The van der Waals surface area contributed by atoms with Gasteiger partial charge in [-0.15, -0.1) is 0 Å². The summed E-state index contributed by atoms with van der Waals surface area (Å²) in [6.45, 7) is 0. The third kappa shape index (κ3) is 6.01. The summed E-state index contributed by atoms with van der Waals surface area (Å²) in [7, 11) is 0. The predicted molar refractivity (Wildman–Crippen MR) is 291 cm³/mol. The number of anilines is 5. The topological polar surface area (TPSA) is 42.1 Å². The van der Waals surface area contributed by atoms with Gasteiger partial charge in [-0.1, -0.05) is 164 Å². The Labute approximate surface area is 411 Å². The molecule has 71 heavy (non-hydrogen) atoms. The SMILES string of the molecule is C1=CC2c3ccccc3N(c3cccc(-n4c5ccccc5c5c6c(ccc54)Cc4ccccc4N6c4cccc(-c5ccccc5)n4)c3)C2c2c1n(-c1cccc(-c3ccccc3)n1)c1ccccc21. The quantitative estimate of drug-likeness (QED) is 0.167. The summed E-state index contributed by atoms with van der Waals surface area (Å²) in [6.07, 6.45) is 5.61. The van der Waals surface area contributed by atoms with Crippen LogP contribution in [0.1, 0.15) is 39.9 Å². The van der Waals surface area contributed by atoms with Crippen LogP contribution in [0.2, 0.25) is 0 Å². The molecule has 0 saturated carbocycles. The maximum atomic E-state index is 5.40. The van der Waals surface area contributed by atoms with Gasteiger partial charge in [0.05, 0.1) is 51.0 Å². The summed E-state index contributed by atoms with van der Waals surface area (Å²) in [4.78, 5) is 15.7. The number of hydrogen-bond donors (Lipinski definition) is 0. The van der Waals surface area contributed by atoms with Crippen molar-refractivity contribution in [3.05, 3.63) is 265 Å². The van der Waals surface area contributed by atoms with Gasteiger partial charge in [0.15, 0.2) is 0 Å². The third-order valence-electron chi connectivity index (χ3n) is 15.0. The lowest BCUT2D eigenvalue weighted by atomic mass is 9.84. The number of fused-ring (bicyclic) bond motifs is 13. The van der Waals surface area contributed by atoms with E-state index in [0.717, 1.165) is 74.2 Å². The van der Waals surface area contributed by atoms with Gasteiger partial charge < -0.3 is 9.47 Å². The zero-order valence-electron chi connectivity index (χ0n) is 38.6. The Hall–Kier alpha value is -9.26. The molecule has 0 spiro atoms. The maximum Gasteiger partial charge on any atom is 0.138 e. The van der Waals surface area contributed by atoms with Crippen molar-refractivity contribution in [2.24, 2.45) is 0 Å². The van der Waals surface area contributed by atoms with Crippen LogP contribution in [0.4, 0.5) is 28.6 Å². The number of nitrogens with zero attached hydrogens (tertiary/aromatic N) is 6. The average Bonchev–Trinajstić information content (AvgIpc) is 4.09. The third-order valence-corrected chi connectivity index (χ3v) is 15.0. The highest BCUT2D eigenvalue weighted by molar-refractivity contribution is 6.18. The van der Waals surface area contributed by atoms with Crippen molar-refractivity contribution in [1.82, 2.24) is 19.1 Å². The first-order valence-electron chi connectivity index (χ1n) is 24.5. The minimum absolute atomic E-state index is 0.00375. The Bertz CT molecular complexity index is 4130. The molecule has 15 rings (SSSR count). The van der Waals surface area contributed by atoms with E-state index in [2.05, 4.69) is 262 Å². The lowest BCUT2D eigenvalue weighted by molar-refractivity contribution is 0.669. The molecule has 0 amide bonds. The van der Waals surface area contributed by atoms with E-state index in [4.69, 9.17) is 9.97 Å². The number of hydrogen-bond acceptors (Lipinski definition) is 4. The van der Waals surface area contributed by atoms with Crippen LogP contribution in [0.15, 0.2) is 237 Å². The Morgan fingerprint density at radius 2 is 1.06 bits per heavy atom. The van der Waals surface area contributed by atoms with Gasteiger partial charge >= 0.3 is 0 Å². The van der Waals surface area contributed by atoms with Crippen molar-refractivity contribution in [2.45, 2.75) is 18.4 Å². The fourth-order valence-electron chi connectivity index (χ4n) is 12.1. The predicted octanol–water partition coefficient (Wildman–Crippen LogP) is 16.2. The molecule has 2 aliphatic heterocycles. The first kappa shape index (κ1) is 39.7. The molecule has 0 fully saturated rings. The van der Waals surface area contributed by atoms with E-state index in [0.29, 0.717) is 0 Å². The molecule has 2 unspecified atom stereocenters. The normalized spacial score (nSPS) is 15.4. The molecular formula is C65H44N6. The van der Waals surface area contributed by atoms with Crippen molar-refractivity contribution in [3.8, 4) is 34.0 Å². The molecule has 6 nitrogen and oxygen atoms in total. The fraction of sp³-hybridized carbons (Fsp3) is 0.0462. The largest absolute Gasteiger partial charge is 0.333 e. The molecular weight excluding hydrogens is 865 g/mol. The van der Waals surface area contributed by atoms with Gasteiger partial charge in [-0.2, -0.15) is 0 Å². The van der Waals surface area contributed by atoms with Crippen molar-refractivity contribution in [3.63, 3.8) is 0 Å². The zero-order chi connectivity index (χ0) is 46.6. The molecule has 1 aliphatic carbocycles. The first-order chi connectivity index (χ1) is 35.2. The van der Waals surface area contributed by atoms with Crippen molar-refractivity contribution < 1.29 is 0 Å². The van der Waals surface area contributed by atoms with Gasteiger partial charge in [0.25, 0.3) is 0 Å². The highest BCUT2D eigenvalue weighted by Gasteiger charge is 2.44. The van der Waals surface area contributed by atoms with Crippen LogP contribution < -0.4 is 9.80 Å². The minimum Gasteiger partial charge on any atom is -0.333 e. The van der Waals surface area contributed by atoms with E-state index in [9.17, 15) is 0 Å². The highest BCUT2D eigenvalue weighted by Crippen LogP contribution is 2.58. The van der Waals surface area contributed by atoms with E-state index in [1.165, 1.54) is 55.5 Å². The first-order valence-corrected chi connectivity index (χ1v) is 24.5. The van der Waals surface area contributed by atoms with Crippen LogP contribution in [0.25, 0.3) is 72.8 Å². The van der Waals surface area contributed by atoms with Gasteiger partial charge in [0.2, 0.25) is 0 Å². The lowest BCUT2D eigenvalue weighted by Gasteiger charge is -2.33. The summed E-state index contributed by atoms with van der Waals surface area (Å²) < 4.78 is 4.85. The standard InChI is InChI=1S/C65H44N6/c1-3-18-42(19-4-1)52-28-16-34-60(66-52)70-57-33-14-10-27-51(57)63-59(70)39-37-49-48-25-8-12-31-55(48)69(65(49)63)47-24-15-23-46(41-47)68-56-32-13-9-26-50(56)62-58(68)38-36-45-40-44-22-7-11-30-54(44)71(64(45)62)61-35-17-29-53(67-61)43-20-5-2-6-21-43/h1-39,41,49,65H,40H2. The van der Waals surface area contributed by atoms with Gasteiger partial charge in [-0.3, -0.25) is 9.47 Å². The molecule has 0 radical (unpaired) electrons. The van der Waals surface area contributed by atoms with Gasteiger partial charge in [-0.25, -0.2) is 9.97 Å². The number of benzene rings is 8. The maximum absolute atomic E-state index is 5.40. The fourth-order valence-corrected chi connectivity index (χ4v) is 12.1. The second-order valence-electron chi connectivity index (χ2n) is 18.9. The Balaban J connectivity index is 0.911. The zero-order valence-corrected chi connectivity index (χ0v) is 38.6. The van der Waals surface area contributed by atoms with Crippen molar-refractivity contribution in [2.75, 3.05) is 9.80 Å². The van der Waals surface area contributed by atoms with E-state index >= 15 is 0 Å². The molecule has 2 atom stereocenters. The summed E-state index contributed by atoms with van der Waals surface area (Å²) in [5.74, 6) is 1.95. The molecule has 12 aromatic rings. The number of aromatic nitrogens is 4. The Morgan fingerprint density at radius 3 is 1.85 bits per heavy atom. The van der Waals surface area contributed by atoms with Crippen LogP contribution in [0.5, 0.6) is 0 Å². The molecule has 3 aliphatic rings. The smallest absolute Gasteiger partial charge is 0.138 e. The van der Waals surface area contributed by atoms with Gasteiger partial charge in [-0.05, 0) is 95.6 Å². The van der Waals surface area contributed by atoms with Crippen LogP contribution in [-0.2, 0) is 6.42 Å². The summed E-state index contributed by atoms with van der Waals surface area (Å²) in [6, 6.07) is 83.2. The summed E-state index contributed by atoms with van der Waals surface area (Å²) in [5, 5.41) is 3.67. The summed E-state index contributed by atoms with van der Waals surface area (Å²) >= 11 is 0. The molecule has 6 heteroatoms. The molecule has 0 N–H and O–H groups in total. The van der Waals surface area contributed by atoms with Crippen LogP contribution in [0, 0.1) is 0 Å². The minimum atomic E-state index is 0.00375. The monoisotopic (exact) mass is 908 g/mol. The highest BCUT2D eigenvalue weighted by atomic mass is 15.2. The van der Waals surface area contributed by atoms with Crippen molar-refractivity contribution in [1.29, 1.82) is 0 Å². The van der Waals surface area contributed by atoms with Crippen LogP contribution >= 0.6 is 0 Å². The van der Waals surface area contributed by atoms with Gasteiger partial charge in [0, 0.05) is 62.2 Å². The molecule has 8 aromatic carbocycles. The van der Waals surface area contributed by atoms with Gasteiger partial charge in [0.1, 0.15) is 11.6 Å². The van der Waals surface area contributed by atoms with E-state index in [1.807, 2.05) is 0 Å². The Kier molecular flexibility index (Phi) is 8.75. The summed E-state index contributed by atoms with van der Waals surface area (Å²) in [5.41, 5.74) is 19.8. The number of para-hydroxylation sites is 4. The molecule has 6 heterocycles. The second-order valence-corrected chi connectivity index (χ2v) is 18.9. The van der Waals surface area contributed by atoms with E-state index in [-0.39, 0.29) is 12.0 Å². The molecule has 334 valence electrons. The molecule has 0 saturated heterocycles. The van der Waals surface area contributed by atoms with E-state index < -0.39 is 0 Å². The second kappa shape index (κ2) is 15.6. The molecule has 0 bridgehead atoms. The van der Waals surface area contributed by atoms with E-state index in [1.54, 1.807) is 0 Å².